The van der Waals surface area contributed by atoms with Gasteiger partial charge in [-0.05, 0) is 0 Å². The summed E-state index contributed by atoms with van der Waals surface area (Å²) in [6.45, 7) is 4.29. The molecule has 35 heavy (non-hydrogen) atoms. The van der Waals surface area contributed by atoms with Crippen LogP contribution in [0.2, 0.25) is 5.02 Å². The number of hydrogen-bond acceptors (Lipinski definition) is 5. The van der Waals surface area contributed by atoms with E-state index < -0.39 is 42.5 Å². The van der Waals surface area contributed by atoms with E-state index in [1.807, 2.05) is 48.3 Å². The van der Waals surface area contributed by atoms with E-state index in [9.17, 15) is 12.8 Å². The van der Waals surface area contributed by atoms with E-state index in [4.69, 9.17) is 32.7 Å². The van der Waals surface area contributed by atoms with Crippen molar-refractivity contribution in [3.63, 3.8) is 0 Å². The SMILES string of the molecule is CC(C)(c1ccc(OCC2=NC(NS(C)(=O)=O)=C[I-]C=C2)cc1)c1cc(F)c(OCCCl)c(Cl)c1. The average molecular weight is 654 g/mol. The van der Waals surface area contributed by atoms with Gasteiger partial charge >= 0.3 is 165 Å². The zero-order valence-corrected chi connectivity index (χ0v) is 23.8. The number of alkyl halides is 1. The third-order valence-corrected chi connectivity index (χ3v) is 7.79. The maximum absolute atomic E-state index is 14.6. The van der Waals surface area contributed by atoms with E-state index in [-0.39, 0.29) is 29.9 Å². The second-order valence-electron chi connectivity index (χ2n) is 8.13. The molecule has 1 N–H and O–H groups in total. The quantitative estimate of drug-likeness (QED) is 0.315. The van der Waals surface area contributed by atoms with Crippen LogP contribution in [-0.2, 0) is 15.4 Å². The van der Waals surface area contributed by atoms with E-state index in [0.29, 0.717) is 22.8 Å². The normalized spacial score (nSPS) is 14.3. The average Bonchev–Trinajstić information content (AvgIpc) is 3.01. The number of nitrogens with one attached hydrogen (secondary N) is 1. The van der Waals surface area contributed by atoms with Gasteiger partial charge in [0.25, 0.3) is 0 Å². The molecule has 0 aliphatic carbocycles. The summed E-state index contributed by atoms with van der Waals surface area (Å²) in [7, 11) is -3.40. The van der Waals surface area contributed by atoms with Crippen molar-refractivity contribution in [2.45, 2.75) is 19.3 Å². The zero-order valence-electron chi connectivity index (χ0n) is 19.3. The Balaban J connectivity index is 1.72. The van der Waals surface area contributed by atoms with Crippen molar-refractivity contribution in [2.24, 2.45) is 4.99 Å². The summed E-state index contributed by atoms with van der Waals surface area (Å²) < 4.78 is 55.0. The minimum atomic E-state index is -3.40. The van der Waals surface area contributed by atoms with Gasteiger partial charge in [-0.25, -0.2) is 4.39 Å². The van der Waals surface area contributed by atoms with Crippen LogP contribution >= 0.6 is 23.2 Å². The predicted molar refractivity (Wildman–Crippen MR) is 134 cm³/mol. The number of halogens is 4. The Morgan fingerprint density at radius 3 is 2.49 bits per heavy atom. The van der Waals surface area contributed by atoms with Crippen molar-refractivity contribution < 1.29 is 43.5 Å². The topological polar surface area (TPSA) is 77.0 Å². The van der Waals surface area contributed by atoms with Gasteiger partial charge in [0.1, 0.15) is 6.61 Å². The molecule has 0 amide bonds. The summed E-state index contributed by atoms with van der Waals surface area (Å²) in [5.74, 6) is 0.626. The molecule has 0 saturated heterocycles. The summed E-state index contributed by atoms with van der Waals surface area (Å²) in [5.41, 5.74) is 1.71. The van der Waals surface area contributed by atoms with Gasteiger partial charge in [-0.2, -0.15) is 0 Å². The van der Waals surface area contributed by atoms with Crippen molar-refractivity contribution in [3.8, 4) is 11.5 Å². The monoisotopic (exact) mass is 653 g/mol. The summed E-state index contributed by atoms with van der Waals surface area (Å²) in [5, 5.41) is 0.191. The Morgan fingerprint density at radius 1 is 1.14 bits per heavy atom. The summed E-state index contributed by atoms with van der Waals surface area (Å²) in [6.07, 6.45) is 2.93. The molecule has 6 nitrogen and oxygen atoms in total. The molecule has 0 aromatic heterocycles. The number of benzene rings is 2. The van der Waals surface area contributed by atoms with Crippen LogP contribution in [0, 0.1) is 5.82 Å². The smallest absolute Gasteiger partial charge is 0.488 e. The van der Waals surface area contributed by atoms with Gasteiger partial charge < -0.3 is 4.74 Å². The first-order valence-electron chi connectivity index (χ1n) is 10.5. The van der Waals surface area contributed by atoms with Gasteiger partial charge in [0.15, 0.2) is 11.6 Å². The first kappa shape index (κ1) is 27.8. The Labute approximate surface area is 225 Å². The van der Waals surface area contributed by atoms with E-state index in [2.05, 4.69) is 9.71 Å². The number of nitrogens with zero attached hydrogens (tertiary/aromatic N) is 1. The Hall–Kier alpha value is -1.82. The maximum atomic E-state index is 14.6. The zero-order chi connectivity index (χ0) is 25.6. The molecule has 0 radical (unpaired) electrons. The third kappa shape index (κ3) is 7.83. The Morgan fingerprint density at radius 2 is 1.86 bits per heavy atom. The van der Waals surface area contributed by atoms with Gasteiger partial charge in [-0.15, -0.1) is 11.6 Å². The van der Waals surface area contributed by atoms with Crippen LogP contribution in [0.4, 0.5) is 4.39 Å². The molecule has 0 bridgehead atoms. The molecular weight excluding hydrogens is 629 g/mol. The molecule has 1 aliphatic rings. The minimum absolute atomic E-state index is 0.00191. The van der Waals surface area contributed by atoms with Crippen molar-refractivity contribution in [1.29, 1.82) is 0 Å². The molecule has 0 atom stereocenters. The standard InChI is InChI=1S/C24H25Cl2FIN2O4S/c1-24(2,17-12-20(26)23(21(27)13-17)33-11-9-25)16-4-6-19(7-5-16)34-15-18-8-10-28-14-22(29-18)30-35(3,31)32/h4-8,10,12-14,30H,9,11,15H2,1-3H3/q-1. The molecule has 2 aromatic carbocycles. The molecule has 3 rings (SSSR count). The van der Waals surface area contributed by atoms with Crippen LogP contribution in [0.1, 0.15) is 25.0 Å². The number of aliphatic imine (C=N–C) groups is 1. The first-order valence-corrected chi connectivity index (χ1v) is 15.7. The summed E-state index contributed by atoms with van der Waals surface area (Å²) in [4.78, 5) is 4.35. The Bertz CT molecular complexity index is 1240. The molecule has 0 fully saturated rings. The second-order valence-corrected chi connectivity index (χ2v) is 12.7. The van der Waals surface area contributed by atoms with E-state index in [1.165, 1.54) is 6.07 Å². The molecule has 0 unspecified atom stereocenters. The van der Waals surface area contributed by atoms with Gasteiger partial charge in [-0.1, -0.05) is 11.6 Å². The summed E-state index contributed by atoms with van der Waals surface area (Å²) >= 11 is 11.5. The van der Waals surface area contributed by atoms with Crippen LogP contribution in [0.25, 0.3) is 0 Å². The van der Waals surface area contributed by atoms with Crippen molar-refractivity contribution in [3.05, 3.63) is 78.4 Å². The van der Waals surface area contributed by atoms with Gasteiger partial charge in [-0.3, -0.25) is 0 Å². The second kappa shape index (κ2) is 11.9. The molecule has 11 heteroatoms. The van der Waals surface area contributed by atoms with E-state index in [0.717, 1.165) is 11.8 Å². The van der Waals surface area contributed by atoms with Crippen LogP contribution in [0.5, 0.6) is 11.5 Å². The molecule has 1 aliphatic heterocycles. The van der Waals surface area contributed by atoms with Crippen LogP contribution in [0.3, 0.4) is 0 Å². The number of hydrogen-bond donors (Lipinski definition) is 1. The van der Waals surface area contributed by atoms with Crippen LogP contribution in [0.15, 0.2) is 61.5 Å². The van der Waals surface area contributed by atoms with E-state index >= 15 is 0 Å². The number of ether oxygens (including phenoxy) is 2. The van der Waals surface area contributed by atoms with Crippen LogP contribution in [-0.4, -0.2) is 39.5 Å². The van der Waals surface area contributed by atoms with Crippen molar-refractivity contribution >= 4 is 38.9 Å². The predicted octanol–water partition coefficient (Wildman–Crippen LogP) is 2.21. The number of rotatable bonds is 10. The van der Waals surface area contributed by atoms with Gasteiger partial charge in [0, 0.05) is 0 Å². The molecule has 190 valence electrons. The molecule has 0 spiro atoms. The minimum Gasteiger partial charge on any atom is -0.488 e. The van der Waals surface area contributed by atoms with E-state index in [1.54, 1.807) is 10.1 Å². The van der Waals surface area contributed by atoms with Crippen molar-refractivity contribution in [1.82, 2.24) is 4.72 Å². The summed E-state index contributed by atoms with van der Waals surface area (Å²) in [6, 6.07) is 10.6. The number of sulfonamides is 1. The van der Waals surface area contributed by atoms with Gasteiger partial charge in [0.2, 0.25) is 0 Å². The van der Waals surface area contributed by atoms with Gasteiger partial charge in [0.05, 0.1) is 10.9 Å². The molecule has 1 heterocycles. The third-order valence-electron chi connectivity index (χ3n) is 5.05. The molecular formula is C24H25Cl2FIN2O4S-. The molecule has 0 saturated carbocycles. The fraction of sp³-hybridized carbons (Fsp3) is 0.292. The Kier molecular flexibility index (Phi) is 9.47. The van der Waals surface area contributed by atoms with Crippen LogP contribution < -0.4 is 35.4 Å². The fourth-order valence-electron chi connectivity index (χ4n) is 3.23. The van der Waals surface area contributed by atoms with Crippen molar-refractivity contribution in [2.75, 3.05) is 25.3 Å². The molecule has 2 aromatic rings. The fourth-order valence-corrected chi connectivity index (χ4v) is 5.73. The first-order chi connectivity index (χ1) is 16.5.